The van der Waals surface area contributed by atoms with E-state index in [4.69, 9.17) is 28.9 Å². The highest BCUT2D eigenvalue weighted by Gasteiger charge is 2.14. The Morgan fingerprint density at radius 2 is 1.81 bits per heavy atom. The van der Waals surface area contributed by atoms with Gasteiger partial charge in [-0.15, -0.1) is 0 Å². The van der Waals surface area contributed by atoms with E-state index in [0.717, 1.165) is 16.8 Å². The van der Waals surface area contributed by atoms with Gasteiger partial charge in [-0.2, -0.15) is 5.10 Å². The standard InChI is InChI=1S/C16H13Cl2N3/c1-10-5-2-3-8-14(10)21-9-13(19)16(20-21)11-6-4-7-12(17)15(11)18/h2-9H,19H2,1H3. The second-order valence-electron chi connectivity index (χ2n) is 4.77. The van der Waals surface area contributed by atoms with Crippen LogP contribution in [-0.2, 0) is 0 Å². The summed E-state index contributed by atoms with van der Waals surface area (Å²) in [6, 6.07) is 13.4. The molecule has 106 valence electrons. The SMILES string of the molecule is Cc1ccccc1-n1cc(N)c(-c2cccc(Cl)c2Cl)n1. The van der Waals surface area contributed by atoms with Gasteiger partial charge in [-0.3, -0.25) is 0 Å². The molecule has 5 heteroatoms. The predicted octanol–water partition coefficient (Wildman–Crippen LogP) is 4.74. The summed E-state index contributed by atoms with van der Waals surface area (Å²) < 4.78 is 1.76. The summed E-state index contributed by atoms with van der Waals surface area (Å²) >= 11 is 12.3. The highest BCUT2D eigenvalue weighted by molar-refractivity contribution is 6.43. The Morgan fingerprint density at radius 3 is 2.57 bits per heavy atom. The Labute approximate surface area is 132 Å². The van der Waals surface area contributed by atoms with Crippen LogP contribution < -0.4 is 5.73 Å². The summed E-state index contributed by atoms with van der Waals surface area (Å²) in [6.07, 6.45) is 1.79. The van der Waals surface area contributed by atoms with Crippen molar-refractivity contribution in [3.8, 4) is 16.9 Å². The average molecular weight is 318 g/mol. The van der Waals surface area contributed by atoms with Crippen molar-refractivity contribution in [2.75, 3.05) is 5.73 Å². The number of nitrogen functional groups attached to an aromatic ring is 1. The maximum absolute atomic E-state index is 6.25. The van der Waals surface area contributed by atoms with Crippen LogP contribution in [0, 0.1) is 6.92 Å². The van der Waals surface area contributed by atoms with Gasteiger partial charge in [0.1, 0.15) is 5.69 Å². The lowest BCUT2D eigenvalue weighted by Gasteiger charge is -2.05. The molecule has 0 atom stereocenters. The smallest absolute Gasteiger partial charge is 0.117 e. The molecule has 1 heterocycles. The zero-order chi connectivity index (χ0) is 15.0. The summed E-state index contributed by atoms with van der Waals surface area (Å²) in [5, 5.41) is 5.51. The molecule has 0 spiro atoms. The van der Waals surface area contributed by atoms with E-state index in [1.165, 1.54) is 0 Å². The van der Waals surface area contributed by atoms with Crippen LogP contribution in [0.5, 0.6) is 0 Å². The topological polar surface area (TPSA) is 43.8 Å². The second-order valence-corrected chi connectivity index (χ2v) is 5.55. The fraction of sp³-hybridized carbons (Fsp3) is 0.0625. The number of nitrogens with zero attached hydrogens (tertiary/aromatic N) is 2. The van der Waals surface area contributed by atoms with Crippen LogP contribution in [0.4, 0.5) is 5.69 Å². The number of rotatable bonds is 2. The Balaban J connectivity index is 2.15. The van der Waals surface area contributed by atoms with Gasteiger partial charge in [-0.1, -0.05) is 53.5 Å². The minimum atomic E-state index is 0.459. The molecular formula is C16H13Cl2N3. The monoisotopic (exact) mass is 317 g/mol. The lowest BCUT2D eigenvalue weighted by molar-refractivity contribution is 0.876. The van der Waals surface area contributed by atoms with Gasteiger partial charge >= 0.3 is 0 Å². The molecule has 3 rings (SSSR count). The number of aryl methyl sites for hydroxylation is 1. The summed E-state index contributed by atoms with van der Waals surface area (Å²) in [4.78, 5) is 0. The van der Waals surface area contributed by atoms with Crippen LogP contribution >= 0.6 is 23.2 Å². The van der Waals surface area contributed by atoms with Crippen molar-refractivity contribution in [2.24, 2.45) is 0 Å². The van der Waals surface area contributed by atoms with E-state index in [2.05, 4.69) is 5.10 Å². The molecule has 2 N–H and O–H groups in total. The predicted molar refractivity (Wildman–Crippen MR) is 88.2 cm³/mol. The van der Waals surface area contributed by atoms with Crippen molar-refractivity contribution < 1.29 is 0 Å². The van der Waals surface area contributed by atoms with Crippen molar-refractivity contribution in [1.82, 2.24) is 9.78 Å². The first-order valence-corrected chi connectivity index (χ1v) is 7.19. The van der Waals surface area contributed by atoms with E-state index in [0.29, 0.717) is 21.4 Å². The minimum absolute atomic E-state index is 0.459. The molecule has 0 saturated carbocycles. The van der Waals surface area contributed by atoms with Crippen LogP contribution in [0.2, 0.25) is 10.0 Å². The third kappa shape index (κ3) is 2.50. The van der Waals surface area contributed by atoms with Crippen molar-refractivity contribution in [3.63, 3.8) is 0 Å². The fourth-order valence-corrected chi connectivity index (χ4v) is 2.62. The van der Waals surface area contributed by atoms with Crippen LogP contribution in [0.15, 0.2) is 48.7 Å². The van der Waals surface area contributed by atoms with Gasteiger partial charge in [-0.25, -0.2) is 4.68 Å². The maximum atomic E-state index is 6.25. The molecule has 2 aromatic carbocycles. The average Bonchev–Trinajstić information content (AvgIpc) is 2.84. The second kappa shape index (κ2) is 5.43. The Kier molecular flexibility index (Phi) is 3.62. The number of aromatic nitrogens is 2. The molecule has 0 saturated heterocycles. The molecule has 3 aromatic rings. The number of hydrogen-bond acceptors (Lipinski definition) is 2. The summed E-state index contributed by atoms with van der Waals surface area (Å²) in [7, 11) is 0. The molecule has 0 aliphatic carbocycles. The van der Waals surface area contributed by atoms with Crippen molar-refractivity contribution in [2.45, 2.75) is 6.92 Å². The molecule has 0 fully saturated rings. The molecule has 0 unspecified atom stereocenters. The quantitative estimate of drug-likeness (QED) is 0.742. The first-order valence-electron chi connectivity index (χ1n) is 6.43. The molecule has 3 nitrogen and oxygen atoms in total. The minimum Gasteiger partial charge on any atom is -0.396 e. The van der Waals surface area contributed by atoms with Gasteiger partial charge < -0.3 is 5.73 Å². The van der Waals surface area contributed by atoms with Gasteiger partial charge in [-0.05, 0) is 24.6 Å². The third-order valence-corrected chi connectivity index (χ3v) is 4.13. The van der Waals surface area contributed by atoms with E-state index in [1.54, 1.807) is 16.9 Å². The zero-order valence-corrected chi connectivity index (χ0v) is 12.9. The summed E-state index contributed by atoms with van der Waals surface area (Å²) in [5.41, 5.74) is 10.1. The van der Waals surface area contributed by atoms with Gasteiger partial charge in [0.15, 0.2) is 0 Å². The van der Waals surface area contributed by atoms with Gasteiger partial charge in [0.05, 0.1) is 27.6 Å². The number of halogens is 2. The first kappa shape index (κ1) is 14.0. The highest BCUT2D eigenvalue weighted by atomic mass is 35.5. The molecule has 0 aliphatic heterocycles. The molecule has 0 amide bonds. The number of anilines is 1. The molecule has 0 bridgehead atoms. The molecule has 1 aromatic heterocycles. The molecule has 0 radical (unpaired) electrons. The fourth-order valence-electron chi connectivity index (χ4n) is 2.23. The largest absolute Gasteiger partial charge is 0.396 e. The highest BCUT2D eigenvalue weighted by Crippen LogP contribution is 2.35. The third-order valence-electron chi connectivity index (χ3n) is 3.31. The molecule has 0 aliphatic rings. The lowest BCUT2D eigenvalue weighted by atomic mass is 10.1. The van der Waals surface area contributed by atoms with Crippen molar-refractivity contribution in [3.05, 3.63) is 64.3 Å². The molecule has 21 heavy (non-hydrogen) atoms. The van der Waals surface area contributed by atoms with Gasteiger partial charge in [0, 0.05) is 5.56 Å². The normalized spacial score (nSPS) is 10.8. The summed E-state index contributed by atoms with van der Waals surface area (Å²) in [5.74, 6) is 0. The van der Waals surface area contributed by atoms with E-state index in [9.17, 15) is 0 Å². The number of nitrogens with two attached hydrogens (primary N) is 1. The maximum Gasteiger partial charge on any atom is 0.117 e. The Hall–Kier alpha value is -1.97. The van der Waals surface area contributed by atoms with E-state index in [1.807, 2.05) is 43.3 Å². The summed E-state index contributed by atoms with van der Waals surface area (Å²) in [6.45, 7) is 2.03. The van der Waals surface area contributed by atoms with Crippen molar-refractivity contribution >= 4 is 28.9 Å². The van der Waals surface area contributed by atoms with E-state index < -0.39 is 0 Å². The number of hydrogen-bond donors (Lipinski definition) is 1. The number of para-hydroxylation sites is 1. The zero-order valence-electron chi connectivity index (χ0n) is 11.3. The lowest BCUT2D eigenvalue weighted by Crippen LogP contribution is -1.97. The van der Waals surface area contributed by atoms with E-state index in [-0.39, 0.29) is 0 Å². The number of benzene rings is 2. The molecular weight excluding hydrogens is 305 g/mol. The first-order chi connectivity index (χ1) is 10.1. The van der Waals surface area contributed by atoms with Crippen LogP contribution in [0.1, 0.15) is 5.56 Å². The van der Waals surface area contributed by atoms with Crippen LogP contribution in [0.25, 0.3) is 16.9 Å². The van der Waals surface area contributed by atoms with Gasteiger partial charge in [0.25, 0.3) is 0 Å². The van der Waals surface area contributed by atoms with Crippen LogP contribution in [-0.4, -0.2) is 9.78 Å². The van der Waals surface area contributed by atoms with E-state index >= 15 is 0 Å². The Bertz CT molecular complexity index is 809. The van der Waals surface area contributed by atoms with Crippen molar-refractivity contribution in [1.29, 1.82) is 0 Å². The van der Waals surface area contributed by atoms with Gasteiger partial charge in [0.2, 0.25) is 0 Å². The van der Waals surface area contributed by atoms with Crippen LogP contribution in [0.3, 0.4) is 0 Å². The Morgan fingerprint density at radius 1 is 1.05 bits per heavy atom.